The van der Waals surface area contributed by atoms with Crippen LogP contribution in [0.1, 0.15) is 55.3 Å². The number of carbonyl (C=O) groups is 1. The summed E-state index contributed by atoms with van der Waals surface area (Å²) in [5, 5.41) is 12.1. The molecule has 2 aromatic rings. The van der Waals surface area contributed by atoms with Gasteiger partial charge in [0.05, 0.1) is 6.10 Å². The molecule has 2 heterocycles. The second kappa shape index (κ2) is 9.52. The molecule has 3 rings (SSSR count). The van der Waals surface area contributed by atoms with Gasteiger partial charge in [0.1, 0.15) is 0 Å². The van der Waals surface area contributed by atoms with Crippen LogP contribution in [-0.2, 0) is 23.1 Å². The summed E-state index contributed by atoms with van der Waals surface area (Å²) >= 11 is 0. The molecule has 0 atom stereocenters. The van der Waals surface area contributed by atoms with Crippen LogP contribution in [-0.4, -0.2) is 49.1 Å². The molecule has 1 aromatic heterocycles. The molecule has 0 spiro atoms. The number of furan rings is 1. The fraction of sp³-hybridized carbons (Fsp3) is 0.500. The van der Waals surface area contributed by atoms with Gasteiger partial charge in [-0.25, -0.2) is 13.1 Å². The lowest BCUT2D eigenvalue weighted by Crippen LogP contribution is -2.40. The number of carbonyl (C=O) groups excluding carboxylic acids is 1. The highest BCUT2D eigenvalue weighted by molar-refractivity contribution is 7.89. The normalized spacial score (nSPS) is 16.4. The third kappa shape index (κ3) is 6.90. The Hall–Kier alpha value is -2.20. The summed E-state index contributed by atoms with van der Waals surface area (Å²) in [6.07, 6.45) is 1.44. The molecule has 9 heteroatoms. The van der Waals surface area contributed by atoms with Gasteiger partial charge in [-0.3, -0.25) is 9.69 Å². The van der Waals surface area contributed by atoms with Crippen LogP contribution < -0.4 is 10.0 Å². The Balaban J connectivity index is 1.52. The number of aliphatic hydroxyl groups excluding tert-OH is 1. The number of likely N-dealkylation sites (tertiary alicyclic amines) is 1. The van der Waals surface area contributed by atoms with Gasteiger partial charge < -0.3 is 14.8 Å². The first-order valence-corrected chi connectivity index (χ1v) is 11.9. The maximum absolute atomic E-state index is 12.4. The summed E-state index contributed by atoms with van der Waals surface area (Å²) in [5.41, 5.74) is 1.45. The smallest absolute Gasteiger partial charge is 0.287 e. The van der Waals surface area contributed by atoms with Crippen molar-refractivity contribution in [2.24, 2.45) is 0 Å². The summed E-state index contributed by atoms with van der Waals surface area (Å²) in [6.45, 7) is 8.11. The van der Waals surface area contributed by atoms with Crippen molar-refractivity contribution >= 4 is 15.9 Å². The Kier molecular flexibility index (Phi) is 7.20. The van der Waals surface area contributed by atoms with Crippen molar-refractivity contribution in [1.29, 1.82) is 0 Å². The highest BCUT2D eigenvalue weighted by Crippen LogP contribution is 2.17. The van der Waals surface area contributed by atoms with E-state index in [-0.39, 0.29) is 17.0 Å². The number of nitrogens with zero attached hydrogens (tertiary/aromatic N) is 1. The van der Waals surface area contributed by atoms with Crippen LogP contribution in [0.25, 0.3) is 0 Å². The molecular formula is C22H31N3O5S. The number of benzene rings is 1. The van der Waals surface area contributed by atoms with Gasteiger partial charge >= 0.3 is 0 Å². The molecule has 0 bridgehead atoms. The molecule has 1 aliphatic rings. The van der Waals surface area contributed by atoms with E-state index in [4.69, 9.17) is 4.42 Å². The summed E-state index contributed by atoms with van der Waals surface area (Å²) in [6, 6.07) is 10.6. The Morgan fingerprint density at radius 2 is 1.71 bits per heavy atom. The van der Waals surface area contributed by atoms with Crippen LogP contribution in [0.15, 0.2) is 45.9 Å². The zero-order valence-corrected chi connectivity index (χ0v) is 19.0. The zero-order chi connectivity index (χ0) is 22.6. The number of amides is 1. The van der Waals surface area contributed by atoms with Crippen molar-refractivity contribution in [3.8, 4) is 0 Å². The standard InChI is InChI=1S/C22H31N3O5S/c1-22(2,3)24-31(28,29)20-9-8-19(30-20)21(27)23-14-16-4-6-17(7-5-16)15-25-12-10-18(26)11-13-25/h4-9,18,24,26H,10-15H2,1-3H3,(H,23,27). The largest absolute Gasteiger partial charge is 0.438 e. The number of aliphatic hydroxyl groups is 1. The Labute approximate surface area is 183 Å². The molecule has 8 nitrogen and oxygen atoms in total. The summed E-state index contributed by atoms with van der Waals surface area (Å²) in [4.78, 5) is 14.7. The third-order valence-electron chi connectivity index (χ3n) is 4.95. The van der Waals surface area contributed by atoms with Crippen molar-refractivity contribution in [3.05, 3.63) is 53.3 Å². The third-order valence-corrected chi connectivity index (χ3v) is 6.58. The second-order valence-corrected chi connectivity index (χ2v) is 10.6. The molecule has 31 heavy (non-hydrogen) atoms. The molecule has 1 aliphatic heterocycles. The van der Waals surface area contributed by atoms with E-state index in [1.165, 1.54) is 17.7 Å². The summed E-state index contributed by atoms with van der Waals surface area (Å²) in [5.74, 6) is -0.536. The molecule has 1 fully saturated rings. The molecule has 0 unspecified atom stereocenters. The molecule has 0 saturated carbocycles. The molecule has 170 valence electrons. The number of piperidine rings is 1. The van der Waals surface area contributed by atoms with Crippen molar-refractivity contribution in [3.63, 3.8) is 0 Å². The lowest BCUT2D eigenvalue weighted by Gasteiger charge is -2.29. The van der Waals surface area contributed by atoms with E-state index in [0.717, 1.165) is 38.0 Å². The van der Waals surface area contributed by atoms with Crippen molar-refractivity contribution in [2.45, 2.75) is 63.4 Å². The first kappa shape index (κ1) is 23.5. The predicted molar refractivity (Wildman–Crippen MR) is 117 cm³/mol. The van der Waals surface area contributed by atoms with Gasteiger partial charge in [-0.05, 0) is 56.9 Å². The SMILES string of the molecule is CC(C)(C)NS(=O)(=O)c1ccc(C(=O)NCc2ccc(CN3CCC(O)CC3)cc2)o1. The summed E-state index contributed by atoms with van der Waals surface area (Å²) < 4.78 is 32.4. The Morgan fingerprint density at radius 3 is 2.32 bits per heavy atom. The van der Waals surface area contributed by atoms with Gasteiger partial charge in [0.25, 0.3) is 15.9 Å². The van der Waals surface area contributed by atoms with E-state index in [1.807, 2.05) is 24.3 Å². The average Bonchev–Trinajstić information content (AvgIpc) is 3.19. The minimum absolute atomic E-state index is 0.0572. The van der Waals surface area contributed by atoms with Crippen molar-refractivity contribution in [2.75, 3.05) is 13.1 Å². The summed E-state index contributed by atoms with van der Waals surface area (Å²) in [7, 11) is -3.83. The van der Waals surface area contributed by atoms with E-state index in [2.05, 4.69) is 14.9 Å². The minimum Gasteiger partial charge on any atom is -0.438 e. The highest BCUT2D eigenvalue weighted by Gasteiger charge is 2.26. The van der Waals surface area contributed by atoms with Crippen molar-refractivity contribution in [1.82, 2.24) is 14.9 Å². The fourth-order valence-electron chi connectivity index (χ4n) is 3.41. The van der Waals surface area contributed by atoms with Crippen LogP contribution in [0, 0.1) is 0 Å². The van der Waals surface area contributed by atoms with Crippen LogP contribution in [0.4, 0.5) is 0 Å². The lowest BCUT2D eigenvalue weighted by atomic mass is 10.1. The molecule has 0 aliphatic carbocycles. The fourth-order valence-corrected chi connectivity index (χ4v) is 4.76. The minimum atomic E-state index is -3.83. The lowest BCUT2D eigenvalue weighted by molar-refractivity contribution is 0.0792. The van der Waals surface area contributed by atoms with E-state index in [1.54, 1.807) is 20.8 Å². The molecule has 3 N–H and O–H groups in total. The van der Waals surface area contributed by atoms with Crippen LogP contribution in [0.5, 0.6) is 0 Å². The number of nitrogens with one attached hydrogen (secondary N) is 2. The number of sulfonamides is 1. The first-order valence-electron chi connectivity index (χ1n) is 10.4. The molecular weight excluding hydrogens is 418 g/mol. The topological polar surface area (TPSA) is 112 Å². The van der Waals surface area contributed by atoms with E-state index in [0.29, 0.717) is 6.54 Å². The van der Waals surface area contributed by atoms with Gasteiger partial charge in [0.2, 0.25) is 5.09 Å². The maximum Gasteiger partial charge on any atom is 0.287 e. The average molecular weight is 450 g/mol. The second-order valence-electron chi connectivity index (χ2n) is 8.98. The Morgan fingerprint density at radius 1 is 1.10 bits per heavy atom. The number of hydrogen-bond acceptors (Lipinski definition) is 6. The van der Waals surface area contributed by atoms with Gasteiger partial charge in [0, 0.05) is 31.7 Å². The van der Waals surface area contributed by atoms with Gasteiger partial charge in [-0.2, -0.15) is 0 Å². The van der Waals surface area contributed by atoms with Gasteiger partial charge in [-0.15, -0.1) is 0 Å². The van der Waals surface area contributed by atoms with E-state index < -0.39 is 21.5 Å². The van der Waals surface area contributed by atoms with E-state index >= 15 is 0 Å². The van der Waals surface area contributed by atoms with Crippen molar-refractivity contribution < 1.29 is 22.7 Å². The Bertz CT molecular complexity index is 985. The highest BCUT2D eigenvalue weighted by atomic mass is 32.2. The number of rotatable bonds is 7. The first-order chi connectivity index (χ1) is 14.5. The van der Waals surface area contributed by atoms with Gasteiger partial charge in [0.15, 0.2) is 5.76 Å². The molecule has 0 radical (unpaired) electrons. The van der Waals surface area contributed by atoms with Crippen LogP contribution >= 0.6 is 0 Å². The van der Waals surface area contributed by atoms with Gasteiger partial charge in [-0.1, -0.05) is 24.3 Å². The van der Waals surface area contributed by atoms with E-state index in [9.17, 15) is 18.3 Å². The maximum atomic E-state index is 12.4. The molecule has 1 amide bonds. The van der Waals surface area contributed by atoms with Crippen LogP contribution in [0.3, 0.4) is 0 Å². The molecule has 1 saturated heterocycles. The number of hydrogen-bond donors (Lipinski definition) is 3. The quantitative estimate of drug-likeness (QED) is 0.598. The predicted octanol–water partition coefficient (Wildman–Crippen LogP) is 2.24. The van der Waals surface area contributed by atoms with Crippen LogP contribution in [0.2, 0.25) is 0 Å². The molecule has 1 aromatic carbocycles. The zero-order valence-electron chi connectivity index (χ0n) is 18.2. The monoisotopic (exact) mass is 449 g/mol.